The summed E-state index contributed by atoms with van der Waals surface area (Å²) < 4.78 is 5.03. The molecule has 84 valence electrons. The van der Waals surface area contributed by atoms with Crippen LogP contribution in [-0.4, -0.2) is 34.2 Å². The SMILES string of the molecule is NCCC1CCCCN1Cc1ncno1. The average molecular weight is 210 g/mol. The summed E-state index contributed by atoms with van der Waals surface area (Å²) in [4.78, 5) is 6.46. The zero-order valence-electron chi connectivity index (χ0n) is 8.93. The van der Waals surface area contributed by atoms with E-state index in [-0.39, 0.29) is 0 Å². The van der Waals surface area contributed by atoms with Gasteiger partial charge in [-0.05, 0) is 32.4 Å². The Bertz CT molecular complexity index is 273. The average Bonchev–Trinajstić information content (AvgIpc) is 2.74. The molecule has 0 amide bonds. The van der Waals surface area contributed by atoms with Crippen LogP contribution in [0.4, 0.5) is 0 Å². The van der Waals surface area contributed by atoms with Gasteiger partial charge in [-0.3, -0.25) is 4.90 Å². The van der Waals surface area contributed by atoms with Crippen molar-refractivity contribution in [2.24, 2.45) is 5.73 Å². The summed E-state index contributed by atoms with van der Waals surface area (Å²) in [5, 5.41) is 3.62. The van der Waals surface area contributed by atoms with Crippen LogP contribution in [0.1, 0.15) is 31.6 Å². The lowest BCUT2D eigenvalue weighted by Crippen LogP contribution is -2.40. The molecule has 1 aromatic rings. The fraction of sp³-hybridized carbons (Fsp3) is 0.800. The summed E-state index contributed by atoms with van der Waals surface area (Å²) in [5.41, 5.74) is 5.62. The molecule has 2 rings (SSSR count). The molecule has 0 aliphatic carbocycles. The first-order valence-corrected chi connectivity index (χ1v) is 5.60. The molecular formula is C10H18N4O. The van der Waals surface area contributed by atoms with Crippen molar-refractivity contribution in [1.82, 2.24) is 15.0 Å². The number of piperidine rings is 1. The largest absolute Gasteiger partial charge is 0.338 e. The normalized spacial score (nSPS) is 23.1. The van der Waals surface area contributed by atoms with Gasteiger partial charge in [-0.1, -0.05) is 11.6 Å². The number of hydrogen-bond donors (Lipinski definition) is 1. The van der Waals surface area contributed by atoms with Gasteiger partial charge in [-0.2, -0.15) is 4.98 Å². The maximum Gasteiger partial charge on any atom is 0.240 e. The predicted octanol–water partition coefficient (Wildman–Crippen LogP) is 0.773. The Balaban J connectivity index is 1.92. The van der Waals surface area contributed by atoms with Crippen LogP contribution in [0.5, 0.6) is 0 Å². The lowest BCUT2D eigenvalue weighted by molar-refractivity contribution is 0.118. The van der Waals surface area contributed by atoms with Crippen molar-refractivity contribution in [3.05, 3.63) is 12.2 Å². The molecule has 5 heteroatoms. The fourth-order valence-corrected chi connectivity index (χ4v) is 2.23. The molecule has 2 heterocycles. The molecule has 1 aromatic heterocycles. The van der Waals surface area contributed by atoms with E-state index in [0.717, 1.165) is 26.1 Å². The summed E-state index contributed by atoms with van der Waals surface area (Å²) >= 11 is 0. The van der Waals surface area contributed by atoms with E-state index in [9.17, 15) is 0 Å². The second-order valence-corrected chi connectivity index (χ2v) is 4.03. The fourth-order valence-electron chi connectivity index (χ4n) is 2.23. The summed E-state index contributed by atoms with van der Waals surface area (Å²) in [7, 11) is 0. The number of aromatic nitrogens is 2. The molecule has 15 heavy (non-hydrogen) atoms. The van der Waals surface area contributed by atoms with Crippen LogP contribution in [0.3, 0.4) is 0 Å². The zero-order valence-corrected chi connectivity index (χ0v) is 8.93. The molecule has 1 saturated heterocycles. The van der Waals surface area contributed by atoms with Gasteiger partial charge in [0.05, 0.1) is 6.54 Å². The van der Waals surface area contributed by atoms with E-state index < -0.39 is 0 Å². The van der Waals surface area contributed by atoms with E-state index in [2.05, 4.69) is 15.0 Å². The molecule has 1 fully saturated rings. The van der Waals surface area contributed by atoms with Crippen LogP contribution < -0.4 is 5.73 Å². The lowest BCUT2D eigenvalue weighted by atomic mass is 9.99. The quantitative estimate of drug-likeness (QED) is 0.795. The van der Waals surface area contributed by atoms with Gasteiger partial charge in [-0.25, -0.2) is 0 Å². The molecule has 0 saturated carbocycles. The minimum atomic E-state index is 0.593. The summed E-state index contributed by atoms with van der Waals surface area (Å²) in [6, 6.07) is 0.593. The first-order chi connectivity index (χ1) is 7.40. The predicted molar refractivity (Wildman–Crippen MR) is 56.0 cm³/mol. The lowest BCUT2D eigenvalue weighted by Gasteiger charge is -2.34. The Kier molecular flexibility index (Phi) is 3.69. The molecule has 1 unspecified atom stereocenters. The Morgan fingerprint density at radius 3 is 3.20 bits per heavy atom. The topological polar surface area (TPSA) is 68.2 Å². The Morgan fingerprint density at radius 2 is 2.47 bits per heavy atom. The van der Waals surface area contributed by atoms with Gasteiger partial charge in [0.25, 0.3) is 0 Å². The van der Waals surface area contributed by atoms with Crippen molar-refractivity contribution in [1.29, 1.82) is 0 Å². The van der Waals surface area contributed by atoms with E-state index in [1.165, 1.54) is 25.6 Å². The minimum absolute atomic E-state index is 0.593. The number of nitrogens with zero attached hydrogens (tertiary/aromatic N) is 3. The van der Waals surface area contributed by atoms with E-state index in [1.54, 1.807) is 0 Å². The van der Waals surface area contributed by atoms with Gasteiger partial charge >= 0.3 is 0 Å². The first-order valence-electron chi connectivity index (χ1n) is 5.60. The smallest absolute Gasteiger partial charge is 0.240 e. The van der Waals surface area contributed by atoms with Gasteiger partial charge in [0, 0.05) is 6.04 Å². The highest BCUT2D eigenvalue weighted by atomic mass is 16.5. The highest BCUT2D eigenvalue weighted by Gasteiger charge is 2.22. The van der Waals surface area contributed by atoms with E-state index in [1.807, 2.05) is 0 Å². The third-order valence-corrected chi connectivity index (χ3v) is 2.99. The van der Waals surface area contributed by atoms with E-state index >= 15 is 0 Å². The van der Waals surface area contributed by atoms with Crippen LogP contribution in [-0.2, 0) is 6.54 Å². The van der Waals surface area contributed by atoms with Gasteiger partial charge in [0.1, 0.15) is 0 Å². The van der Waals surface area contributed by atoms with E-state index in [0.29, 0.717) is 11.9 Å². The monoisotopic (exact) mass is 210 g/mol. The van der Waals surface area contributed by atoms with Crippen molar-refractivity contribution in [2.45, 2.75) is 38.3 Å². The van der Waals surface area contributed by atoms with Crippen LogP contribution in [0.25, 0.3) is 0 Å². The molecule has 1 atom stereocenters. The number of rotatable bonds is 4. The highest BCUT2D eigenvalue weighted by molar-refractivity contribution is 4.82. The van der Waals surface area contributed by atoms with Crippen LogP contribution >= 0.6 is 0 Å². The second kappa shape index (κ2) is 5.23. The third-order valence-electron chi connectivity index (χ3n) is 2.99. The summed E-state index contributed by atoms with van der Waals surface area (Å²) in [6.07, 6.45) is 6.33. The maximum absolute atomic E-state index is 5.62. The van der Waals surface area contributed by atoms with Crippen LogP contribution in [0.2, 0.25) is 0 Å². The third kappa shape index (κ3) is 2.76. The zero-order chi connectivity index (χ0) is 10.5. The van der Waals surface area contributed by atoms with Crippen LogP contribution in [0, 0.1) is 0 Å². The Morgan fingerprint density at radius 1 is 1.53 bits per heavy atom. The number of hydrogen-bond acceptors (Lipinski definition) is 5. The standard InChI is InChI=1S/C10H18N4O/c11-5-4-9-3-1-2-6-14(9)7-10-12-8-13-15-10/h8-9H,1-7,11H2. The van der Waals surface area contributed by atoms with Gasteiger partial charge in [0.2, 0.25) is 5.89 Å². The van der Waals surface area contributed by atoms with E-state index in [4.69, 9.17) is 10.3 Å². The Hall–Kier alpha value is -0.940. The van der Waals surface area contributed by atoms with Gasteiger partial charge in [-0.15, -0.1) is 0 Å². The molecule has 0 aromatic carbocycles. The first kappa shape index (κ1) is 10.6. The minimum Gasteiger partial charge on any atom is -0.338 e. The molecule has 2 N–H and O–H groups in total. The molecule has 1 aliphatic heterocycles. The van der Waals surface area contributed by atoms with Gasteiger partial charge in [0.15, 0.2) is 6.33 Å². The molecular weight excluding hydrogens is 192 g/mol. The molecule has 0 bridgehead atoms. The molecule has 0 spiro atoms. The van der Waals surface area contributed by atoms with Crippen molar-refractivity contribution >= 4 is 0 Å². The second-order valence-electron chi connectivity index (χ2n) is 4.03. The highest BCUT2D eigenvalue weighted by Crippen LogP contribution is 2.20. The number of nitrogens with two attached hydrogens (primary N) is 1. The Labute approximate surface area is 89.6 Å². The summed E-state index contributed by atoms with van der Waals surface area (Å²) in [6.45, 7) is 2.64. The van der Waals surface area contributed by atoms with Crippen molar-refractivity contribution in [2.75, 3.05) is 13.1 Å². The molecule has 5 nitrogen and oxygen atoms in total. The number of likely N-dealkylation sites (tertiary alicyclic amines) is 1. The van der Waals surface area contributed by atoms with Crippen molar-refractivity contribution in [3.8, 4) is 0 Å². The maximum atomic E-state index is 5.62. The van der Waals surface area contributed by atoms with Crippen molar-refractivity contribution < 1.29 is 4.52 Å². The van der Waals surface area contributed by atoms with Crippen LogP contribution in [0.15, 0.2) is 10.9 Å². The molecule has 1 aliphatic rings. The molecule has 0 radical (unpaired) electrons. The van der Waals surface area contributed by atoms with Gasteiger partial charge < -0.3 is 10.3 Å². The van der Waals surface area contributed by atoms with Crippen molar-refractivity contribution in [3.63, 3.8) is 0 Å². The summed E-state index contributed by atoms with van der Waals surface area (Å²) in [5.74, 6) is 0.707.